The van der Waals surface area contributed by atoms with E-state index in [1.165, 1.54) is 11.5 Å². The van der Waals surface area contributed by atoms with Gasteiger partial charge in [0.1, 0.15) is 0 Å². The number of aromatic nitrogens is 1. The molecule has 0 atom stereocenters. The van der Waals surface area contributed by atoms with Crippen molar-refractivity contribution in [3.8, 4) is 0 Å². The average molecular weight is 294 g/mol. The summed E-state index contributed by atoms with van der Waals surface area (Å²) in [4.78, 5) is 23.6. The zero-order valence-electron chi connectivity index (χ0n) is 11.4. The zero-order chi connectivity index (χ0) is 14.4. The number of carbonyl (C=O) groups excluding carboxylic acids is 1. The van der Waals surface area contributed by atoms with Crippen molar-refractivity contribution in [3.05, 3.63) is 34.6 Å². The van der Waals surface area contributed by atoms with Crippen LogP contribution in [-0.2, 0) is 16.1 Å². The fourth-order valence-electron chi connectivity index (χ4n) is 1.93. The summed E-state index contributed by atoms with van der Waals surface area (Å²) in [5.74, 6) is -0.00351. The average Bonchev–Trinajstić information content (AvgIpc) is 2.77. The Balaban J connectivity index is 1.85. The lowest BCUT2D eigenvalue weighted by Crippen LogP contribution is -2.27. The third-order valence-corrected chi connectivity index (χ3v) is 4.07. The van der Waals surface area contributed by atoms with Gasteiger partial charge in [-0.15, -0.1) is 0 Å². The molecule has 1 heterocycles. The Kier molecular flexibility index (Phi) is 5.31. The molecule has 1 N–H and O–H groups in total. The molecule has 1 aromatic carbocycles. The molecule has 0 radical (unpaired) electrons. The van der Waals surface area contributed by atoms with E-state index in [0.717, 1.165) is 10.1 Å². The summed E-state index contributed by atoms with van der Waals surface area (Å²) in [6.07, 6.45) is 1.08. The van der Waals surface area contributed by atoms with E-state index in [1.54, 1.807) is 11.1 Å². The van der Waals surface area contributed by atoms with Gasteiger partial charge in [-0.1, -0.05) is 23.7 Å². The van der Waals surface area contributed by atoms with Crippen LogP contribution in [0, 0.1) is 0 Å². The monoisotopic (exact) mass is 294 g/mol. The molecule has 0 unspecified atom stereocenters. The third-order valence-electron chi connectivity index (χ3n) is 2.95. The number of fused-ring (bicyclic) bond motifs is 1. The number of nitrogens with zero attached hydrogens (tertiary/aromatic N) is 1. The highest BCUT2D eigenvalue weighted by Gasteiger charge is 2.07. The van der Waals surface area contributed by atoms with Gasteiger partial charge in [-0.05, 0) is 18.6 Å². The van der Waals surface area contributed by atoms with Crippen LogP contribution in [0.25, 0.3) is 10.1 Å². The molecule has 0 aliphatic carbocycles. The molecule has 108 valence electrons. The molecule has 1 amide bonds. The van der Waals surface area contributed by atoms with Crippen molar-refractivity contribution in [3.63, 3.8) is 0 Å². The quantitative estimate of drug-likeness (QED) is 0.789. The number of hydrogen-bond donors (Lipinski definition) is 1. The van der Waals surface area contributed by atoms with Crippen LogP contribution in [0.1, 0.15) is 12.8 Å². The molecule has 5 nitrogen and oxygen atoms in total. The summed E-state index contributed by atoms with van der Waals surface area (Å²) in [5.41, 5.74) is 0.0328. The minimum absolute atomic E-state index is 0.00351. The first-order valence-corrected chi connectivity index (χ1v) is 7.34. The van der Waals surface area contributed by atoms with Crippen LogP contribution in [-0.4, -0.2) is 30.1 Å². The van der Waals surface area contributed by atoms with Crippen molar-refractivity contribution in [1.29, 1.82) is 0 Å². The third kappa shape index (κ3) is 3.68. The molecular formula is C14H18N2O3S. The van der Waals surface area contributed by atoms with E-state index in [1.807, 2.05) is 24.3 Å². The first-order valence-electron chi connectivity index (χ1n) is 6.57. The van der Waals surface area contributed by atoms with Crippen LogP contribution < -0.4 is 10.9 Å². The van der Waals surface area contributed by atoms with Gasteiger partial charge < -0.3 is 10.1 Å². The predicted molar refractivity (Wildman–Crippen MR) is 80.2 cm³/mol. The highest BCUT2D eigenvalue weighted by Crippen LogP contribution is 2.16. The van der Waals surface area contributed by atoms with Gasteiger partial charge in [0.05, 0.1) is 16.7 Å². The largest absolute Gasteiger partial charge is 0.383 e. The van der Waals surface area contributed by atoms with Gasteiger partial charge in [0.25, 0.3) is 5.56 Å². The SMILES string of the molecule is COCCNC(=O)CCCn1sc2ccccc2c1=O. The summed E-state index contributed by atoms with van der Waals surface area (Å²) in [5, 5.41) is 3.52. The molecule has 6 heteroatoms. The second-order valence-electron chi connectivity index (χ2n) is 4.44. The molecule has 0 spiro atoms. The van der Waals surface area contributed by atoms with Gasteiger partial charge in [0.2, 0.25) is 5.91 Å². The molecule has 2 aromatic rings. The van der Waals surface area contributed by atoms with Gasteiger partial charge in [-0.25, -0.2) is 0 Å². The van der Waals surface area contributed by atoms with Crippen molar-refractivity contribution in [2.75, 3.05) is 20.3 Å². The molecule has 20 heavy (non-hydrogen) atoms. The standard InChI is InChI=1S/C14H18N2O3S/c1-19-10-8-15-13(17)7-4-9-16-14(18)11-5-2-3-6-12(11)20-16/h2-3,5-6H,4,7-10H2,1H3,(H,15,17). The van der Waals surface area contributed by atoms with Crippen molar-refractivity contribution < 1.29 is 9.53 Å². The van der Waals surface area contributed by atoms with Gasteiger partial charge in [0, 0.05) is 26.6 Å². The van der Waals surface area contributed by atoms with Crippen LogP contribution in [0.15, 0.2) is 29.1 Å². The number of ether oxygens (including phenoxy) is 1. The normalized spacial score (nSPS) is 10.8. The summed E-state index contributed by atoms with van der Waals surface area (Å²) in [6.45, 7) is 1.62. The predicted octanol–water partition coefficient (Wildman–Crippen LogP) is 1.61. The van der Waals surface area contributed by atoms with E-state index >= 15 is 0 Å². The number of methoxy groups -OCH3 is 1. The second-order valence-corrected chi connectivity index (χ2v) is 5.50. The van der Waals surface area contributed by atoms with E-state index in [0.29, 0.717) is 32.5 Å². The van der Waals surface area contributed by atoms with Crippen LogP contribution in [0.4, 0.5) is 0 Å². The molecule has 0 bridgehead atoms. The molecule has 0 fully saturated rings. The first kappa shape index (κ1) is 14.7. The number of rotatable bonds is 7. The molecule has 0 saturated heterocycles. The van der Waals surface area contributed by atoms with E-state index < -0.39 is 0 Å². The van der Waals surface area contributed by atoms with Crippen molar-refractivity contribution in [2.24, 2.45) is 0 Å². The Morgan fingerprint density at radius 1 is 1.40 bits per heavy atom. The maximum atomic E-state index is 12.1. The number of hydrogen-bond acceptors (Lipinski definition) is 4. The fraction of sp³-hybridized carbons (Fsp3) is 0.429. The Morgan fingerprint density at radius 2 is 2.20 bits per heavy atom. The molecule has 2 rings (SSSR count). The lowest BCUT2D eigenvalue weighted by molar-refractivity contribution is -0.121. The smallest absolute Gasteiger partial charge is 0.268 e. The maximum Gasteiger partial charge on any atom is 0.268 e. The molecule has 1 aromatic heterocycles. The van der Waals surface area contributed by atoms with Crippen molar-refractivity contribution >= 4 is 27.5 Å². The Labute approximate surface area is 121 Å². The summed E-state index contributed by atoms with van der Waals surface area (Å²) < 4.78 is 7.56. The van der Waals surface area contributed by atoms with Gasteiger partial charge in [0.15, 0.2) is 0 Å². The number of carbonyl (C=O) groups is 1. The number of aryl methyl sites for hydroxylation is 1. The van der Waals surface area contributed by atoms with Crippen molar-refractivity contribution in [1.82, 2.24) is 9.27 Å². The molecule has 0 saturated carbocycles. The minimum atomic E-state index is -0.00351. The topological polar surface area (TPSA) is 60.3 Å². The highest BCUT2D eigenvalue weighted by atomic mass is 32.1. The lowest BCUT2D eigenvalue weighted by atomic mass is 10.3. The van der Waals surface area contributed by atoms with Gasteiger partial charge in [-0.2, -0.15) is 0 Å². The van der Waals surface area contributed by atoms with Gasteiger partial charge in [-0.3, -0.25) is 13.5 Å². The Hall–Kier alpha value is -1.66. The molecular weight excluding hydrogens is 276 g/mol. The minimum Gasteiger partial charge on any atom is -0.383 e. The van der Waals surface area contributed by atoms with Crippen LogP contribution in [0.5, 0.6) is 0 Å². The van der Waals surface area contributed by atoms with Crippen molar-refractivity contribution in [2.45, 2.75) is 19.4 Å². The summed E-state index contributed by atoms with van der Waals surface area (Å²) in [6, 6.07) is 7.56. The maximum absolute atomic E-state index is 12.1. The van der Waals surface area contributed by atoms with Gasteiger partial charge >= 0.3 is 0 Å². The van der Waals surface area contributed by atoms with E-state index in [-0.39, 0.29) is 11.5 Å². The highest BCUT2D eigenvalue weighted by molar-refractivity contribution is 7.13. The van der Waals surface area contributed by atoms with E-state index in [2.05, 4.69) is 5.32 Å². The number of nitrogens with one attached hydrogen (secondary N) is 1. The lowest BCUT2D eigenvalue weighted by Gasteiger charge is -2.04. The van der Waals surface area contributed by atoms with Crippen LogP contribution in [0.2, 0.25) is 0 Å². The van der Waals surface area contributed by atoms with E-state index in [4.69, 9.17) is 4.74 Å². The molecule has 0 aliphatic rings. The van der Waals surface area contributed by atoms with E-state index in [9.17, 15) is 9.59 Å². The fourth-order valence-corrected chi connectivity index (χ4v) is 2.96. The summed E-state index contributed by atoms with van der Waals surface area (Å²) in [7, 11) is 1.60. The van der Waals surface area contributed by atoms with Crippen LogP contribution >= 0.6 is 11.5 Å². The summed E-state index contributed by atoms with van der Waals surface area (Å²) >= 11 is 1.45. The Bertz CT molecular complexity index is 633. The second kappa shape index (κ2) is 7.21. The number of amides is 1. The molecule has 0 aliphatic heterocycles. The zero-order valence-corrected chi connectivity index (χ0v) is 12.2. The number of benzene rings is 1. The Morgan fingerprint density at radius 3 is 2.95 bits per heavy atom. The van der Waals surface area contributed by atoms with Crippen LogP contribution in [0.3, 0.4) is 0 Å². The first-order chi connectivity index (χ1) is 9.72.